The lowest BCUT2D eigenvalue weighted by Gasteiger charge is -2.29. The van der Waals surface area contributed by atoms with Gasteiger partial charge in [0.15, 0.2) is 0 Å². The largest absolute Gasteiger partial charge is 0.310 e. The lowest BCUT2D eigenvalue weighted by Crippen LogP contribution is -2.11. The molecule has 0 aliphatic rings. The molecule has 0 spiro atoms. The first-order valence-electron chi connectivity index (χ1n) is 21.3. The Labute approximate surface area is 360 Å². The lowest BCUT2D eigenvalue weighted by atomic mass is 9.91. The zero-order valence-electron chi connectivity index (χ0n) is 34.0. The van der Waals surface area contributed by atoms with Gasteiger partial charge in [-0.3, -0.25) is 0 Å². The van der Waals surface area contributed by atoms with Crippen molar-refractivity contribution in [1.82, 2.24) is 0 Å². The number of benzene rings is 12. The van der Waals surface area contributed by atoms with Crippen molar-refractivity contribution in [3.8, 4) is 11.1 Å². The van der Waals surface area contributed by atoms with Crippen LogP contribution < -0.4 is 9.80 Å². The van der Waals surface area contributed by atoms with Gasteiger partial charge in [0, 0.05) is 33.5 Å². The predicted octanol–water partition coefficient (Wildman–Crippen LogP) is 17.2. The molecule has 0 unspecified atom stereocenters. The molecule has 0 saturated carbocycles. The van der Waals surface area contributed by atoms with Gasteiger partial charge in [0.05, 0.1) is 11.4 Å². The van der Waals surface area contributed by atoms with E-state index in [0.717, 1.165) is 34.1 Å². The van der Waals surface area contributed by atoms with E-state index in [9.17, 15) is 0 Å². The van der Waals surface area contributed by atoms with Crippen molar-refractivity contribution in [2.75, 3.05) is 9.80 Å². The van der Waals surface area contributed by atoms with E-state index in [1.807, 2.05) is 0 Å². The molecule has 0 fully saturated rings. The highest BCUT2D eigenvalue weighted by Crippen LogP contribution is 2.47. The molecule has 290 valence electrons. The maximum absolute atomic E-state index is 2.41. The summed E-state index contributed by atoms with van der Waals surface area (Å²) < 4.78 is 0. The van der Waals surface area contributed by atoms with Crippen LogP contribution in [0.4, 0.5) is 34.1 Å². The molecular formula is C60H40N2. The normalized spacial score (nSPS) is 11.5. The number of fused-ring (bicyclic) bond motifs is 6. The van der Waals surface area contributed by atoms with E-state index < -0.39 is 0 Å². The quantitative estimate of drug-likeness (QED) is 0.148. The van der Waals surface area contributed by atoms with Gasteiger partial charge in [-0.15, -0.1) is 0 Å². The second-order valence-electron chi connectivity index (χ2n) is 16.2. The van der Waals surface area contributed by atoms with Crippen molar-refractivity contribution in [2.24, 2.45) is 0 Å². The number of hydrogen-bond acceptors (Lipinski definition) is 2. The van der Waals surface area contributed by atoms with Crippen LogP contribution in [0.1, 0.15) is 0 Å². The minimum Gasteiger partial charge on any atom is -0.310 e. The minimum absolute atomic E-state index is 1.11. The molecule has 0 aliphatic heterocycles. The van der Waals surface area contributed by atoms with Crippen LogP contribution in [0.15, 0.2) is 243 Å². The first-order chi connectivity index (χ1) is 30.7. The van der Waals surface area contributed by atoms with Gasteiger partial charge < -0.3 is 9.80 Å². The molecule has 12 aromatic rings. The second-order valence-corrected chi connectivity index (χ2v) is 16.2. The first-order valence-corrected chi connectivity index (χ1v) is 21.3. The van der Waals surface area contributed by atoms with E-state index in [1.165, 1.54) is 75.8 Å². The average molecular weight is 789 g/mol. The summed E-state index contributed by atoms with van der Waals surface area (Å²) in [7, 11) is 0. The monoisotopic (exact) mass is 788 g/mol. The maximum atomic E-state index is 2.41. The summed E-state index contributed by atoms with van der Waals surface area (Å²) in [6.45, 7) is 0. The average Bonchev–Trinajstić information content (AvgIpc) is 3.33. The number of para-hydroxylation sites is 2. The fourth-order valence-corrected chi connectivity index (χ4v) is 9.57. The van der Waals surface area contributed by atoms with Crippen molar-refractivity contribution in [1.29, 1.82) is 0 Å². The van der Waals surface area contributed by atoms with Gasteiger partial charge in [-0.1, -0.05) is 158 Å². The summed E-state index contributed by atoms with van der Waals surface area (Å²) in [6.07, 6.45) is 0. The molecule has 0 bridgehead atoms. The number of hydrogen-bond donors (Lipinski definition) is 0. The topological polar surface area (TPSA) is 6.48 Å². The van der Waals surface area contributed by atoms with Gasteiger partial charge >= 0.3 is 0 Å². The Hall–Kier alpha value is -8.20. The van der Waals surface area contributed by atoms with E-state index >= 15 is 0 Å². The minimum atomic E-state index is 1.11. The van der Waals surface area contributed by atoms with Crippen LogP contribution in [0, 0.1) is 0 Å². The summed E-state index contributed by atoms with van der Waals surface area (Å²) in [5.74, 6) is 0. The van der Waals surface area contributed by atoms with Crippen LogP contribution in [0.5, 0.6) is 0 Å². The third-order valence-electron chi connectivity index (χ3n) is 12.5. The Kier molecular flexibility index (Phi) is 8.53. The summed E-state index contributed by atoms with van der Waals surface area (Å²) in [5.41, 5.74) is 9.14. The van der Waals surface area contributed by atoms with Crippen molar-refractivity contribution in [2.45, 2.75) is 0 Å². The molecule has 0 aromatic heterocycles. The molecule has 0 radical (unpaired) electrons. The fourth-order valence-electron chi connectivity index (χ4n) is 9.57. The van der Waals surface area contributed by atoms with Crippen LogP contribution in [-0.2, 0) is 0 Å². The van der Waals surface area contributed by atoms with Crippen molar-refractivity contribution < 1.29 is 0 Å². The summed E-state index contributed by atoms with van der Waals surface area (Å²) in [6, 6.07) is 88.7. The smallest absolute Gasteiger partial charge is 0.0540 e. The van der Waals surface area contributed by atoms with Crippen LogP contribution in [-0.4, -0.2) is 0 Å². The maximum Gasteiger partial charge on any atom is 0.0540 e. The molecule has 2 nitrogen and oxygen atoms in total. The molecule has 0 aliphatic carbocycles. The van der Waals surface area contributed by atoms with Crippen molar-refractivity contribution >= 4 is 98.8 Å². The van der Waals surface area contributed by atoms with Gasteiger partial charge in [-0.2, -0.15) is 0 Å². The summed E-state index contributed by atoms with van der Waals surface area (Å²) >= 11 is 0. The summed E-state index contributed by atoms with van der Waals surface area (Å²) in [5, 5.41) is 14.7. The van der Waals surface area contributed by atoms with Gasteiger partial charge in [-0.25, -0.2) is 0 Å². The van der Waals surface area contributed by atoms with E-state index in [0.29, 0.717) is 0 Å². The highest BCUT2D eigenvalue weighted by Gasteiger charge is 2.21. The van der Waals surface area contributed by atoms with Gasteiger partial charge in [0.1, 0.15) is 0 Å². The Morgan fingerprint density at radius 3 is 0.919 bits per heavy atom. The Morgan fingerprint density at radius 2 is 0.516 bits per heavy atom. The molecule has 12 aromatic carbocycles. The molecule has 0 heterocycles. The number of rotatable bonds is 7. The van der Waals surface area contributed by atoms with E-state index in [4.69, 9.17) is 0 Å². The van der Waals surface area contributed by atoms with Crippen molar-refractivity contribution in [3.05, 3.63) is 243 Å². The Morgan fingerprint density at radius 1 is 0.194 bits per heavy atom. The van der Waals surface area contributed by atoms with Crippen LogP contribution >= 0.6 is 0 Å². The zero-order chi connectivity index (χ0) is 41.0. The molecular weight excluding hydrogens is 749 g/mol. The molecule has 0 saturated heterocycles. The molecule has 12 rings (SSSR count). The number of anilines is 6. The standard InChI is InChI=1S/C60H40N2/c1-3-19-49(20-4-1)61(51-29-27-45-35-41-15-7-9-17-43(41)37-47(45)39-51)59-33-31-55(53-23-11-13-25-57(53)59)56-32-34-60(58-26-14-12-24-54(56)58)62(50-21-5-2-6-22-50)52-30-28-46-36-42-16-8-10-18-44(42)38-48(46)40-52/h1-40H. The second kappa shape index (κ2) is 14.8. The molecule has 62 heavy (non-hydrogen) atoms. The van der Waals surface area contributed by atoms with E-state index in [1.54, 1.807) is 0 Å². The highest BCUT2D eigenvalue weighted by molar-refractivity contribution is 6.14. The summed E-state index contributed by atoms with van der Waals surface area (Å²) in [4.78, 5) is 4.82. The fraction of sp³-hybridized carbons (Fsp3) is 0. The van der Waals surface area contributed by atoms with E-state index in [2.05, 4.69) is 252 Å². The lowest BCUT2D eigenvalue weighted by molar-refractivity contribution is 1.30. The highest BCUT2D eigenvalue weighted by atomic mass is 15.1. The van der Waals surface area contributed by atoms with Crippen LogP contribution in [0.3, 0.4) is 0 Å². The molecule has 0 atom stereocenters. The van der Waals surface area contributed by atoms with Crippen LogP contribution in [0.25, 0.3) is 75.8 Å². The molecule has 0 amide bonds. The predicted molar refractivity (Wildman–Crippen MR) is 266 cm³/mol. The third-order valence-corrected chi connectivity index (χ3v) is 12.5. The molecule has 0 N–H and O–H groups in total. The third kappa shape index (κ3) is 6.12. The van der Waals surface area contributed by atoms with E-state index in [-0.39, 0.29) is 0 Å². The first kappa shape index (κ1) is 35.7. The zero-order valence-corrected chi connectivity index (χ0v) is 34.0. The van der Waals surface area contributed by atoms with Gasteiger partial charge in [0.25, 0.3) is 0 Å². The SMILES string of the molecule is c1ccc(N(c2ccc3cc4ccccc4cc3c2)c2ccc(-c3ccc(N(c4ccccc4)c4ccc5cc6ccccc6cc5c4)c4ccccc34)c3ccccc23)cc1. The van der Waals surface area contributed by atoms with Gasteiger partial charge in [-0.05, 0) is 150 Å². The number of nitrogens with zero attached hydrogens (tertiary/aromatic N) is 2. The molecule has 2 heteroatoms. The Bertz CT molecular complexity index is 3410. The van der Waals surface area contributed by atoms with Gasteiger partial charge in [0.2, 0.25) is 0 Å². The van der Waals surface area contributed by atoms with Crippen LogP contribution in [0.2, 0.25) is 0 Å². The van der Waals surface area contributed by atoms with Crippen molar-refractivity contribution in [3.63, 3.8) is 0 Å². The Balaban J connectivity index is 1.02.